The number of pyridine rings is 1. The van der Waals surface area contributed by atoms with E-state index < -0.39 is 0 Å². The largest absolute Gasteiger partial charge is 0.353 e. The van der Waals surface area contributed by atoms with Gasteiger partial charge in [0.05, 0.1) is 11.2 Å². The molecule has 2 aliphatic rings. The Bertz CT molecular complexity index is 834. The van der Waals surface area contributed by atoms with Gasteiger partial charge in [-0.3, -0.25) is 9.78 Å². The molecule has 2 N–H and O–H groups in total. The third-order valence-corrected chi connectivity index (χ3v) is 5.98. The Hall–Kier alpha value is -2.63. The van der Waals surface area contributed by atoms with Gasteiger partial charge < -0.3 is 15.5 Å². The van der Waals surface area contributed by atoms with E-state index in [-0.39, 0.29) is 23.9 Å². The smallest absolute Gasteiger partial charge is 0.321 e. The first-order valence-electron chi connectivity index (χ1n) is 10.4. The van der Waals surface area contributed by atoms with Crippen molar-refractivity contribution in [3.8, 4) is 0 Å². The molecule has 28 heavy (non-hydrogen) atoms. The number of nitrogens with one attached hydrogen (secondary N) is 2. The molecular weight excluding hydrogens is 352 g/mol. The summed E-state index contributed by atoms with van der Waals surface area (Å²) in [5.41, 5.74) is 1.53. The number of fused-ring (bicyclic) bond motifs is 1. The maximum absolute atomic E-state index is 12.7. The molecule has 6 nitrogen and oxygen atoms in total. The molecule has 4 rings (SSSR count). The summed E-state index contributed by atoms with van der Waals surface area (Å²) in [6, 6.07) is 9.74. The van der Waals surface area contributed by atoms with Crippen LogP contribution in [0.15, 0.2) is 36.5 Å². The highest BCUT2D eigenvalue weighted by Gasteiger charge is 2.27. The number of hydrogen-bond donors (Lipinski definition) is 2. The van der Waals surface area contributed by atoms with E-state index in [2.05, 4.69) is 15.6 Å². The van der Waals surface area contributed by atoms with Crippen molar-refractivity contribution in [2.24, 2.45) is 5.92 Å². The van der Waals surface area contributed by atoms with Gasteiger partial charge in [0.25, 0.3) is 0 Å². The van der Waals surface area contributed by atoms with Crippen LogP contribution in [0.4, 0.5) is 10.5 Å². The van der Waals surface area contributed by atoms with Gasteiger partial charge >= 0.3 is 6.03 Å². The second-order valence-electron chi connectivity index (χ2n) is 7.92. The van der Waals surface area contributed by atoms with Gasteiger partial charge in [-0.1, -0.05) is 37.5 Å². The molecule has 2 fully saturated rings. The number of amides is 3. The van der Waals surface area contributed by atoms with E-state index in [1.54, 1.807) is 6.20 Å². The average molecular weight is 380 g/mol. The first kappa shape index (κ1) is 18.7. The summed E-state index contributed by atoms with van der Waals surface area (Å²) in [5, 5.41) is 7.22. The molecule has 1 saturated carbocycles. The van der Waals surface area contributed by atoms with Gasteiger partial charge in [0.2, 0.25) is 5.91 Å². The zero-order valence-corrected chi connectivity index (χ0v) is 16.2. The van der Waals surface area contributed by atoms with Gasteiger partial charge in [-0.2, -0.15) is 0 Å². The van der Waals surface area contributed by atoms with Gasteiger partial charge in [-0.25, -0.2) is 4.79 Å². The Morgan fingerprint density at radius 3 is 2.50 bits per heavy atom. The van der Waals surface area contributed by atoms with E-state index in [0.29, 0.717) is 13.1 Å². The first-order chi connectivity index (χ1) is 13.7. The van der Waals surface area contributed by atoms with Gasteiger partial charge in [-0.15, -0.1) is 0 Å². The van der Waals surface area contributed by atoms with Crippen molar-refractivity contribution in [2.75, 3.05) is 18.4 Å². The van der Waals surface area contributed by atoms with Crippen LogP contribution in [0.25, 0.3) is 10.9 Å². The van der Waals surface area contributed by atoms with E-state index >= 15 is 0 Å². The third kappa shape index (κ3) is 4.26. The topological polar surface area (TPSA) is 74.3 Å². The van der Waals surface area contributed by atoms with Gasteiger partial charge in [0.1, 0.15) is 0 Å². The Labute approximate surface area is 165 Å². The Kier molecular flexibility index (Phi) is 5.74. The first-order valence-corrected chi connectivity index (χ1v) is 10.4. The highest BCUT2D eigenvalue weighted by molar-refractivity contribution is 5.99. The summed E-state index contributed by atoms with van der Waals surface area (Å²) in [5.74, 6) is 0.401. The number of carbonyl (C=O) groups excluding carboxylic acids is 2. The lowest BCUT2D eigenvalue weighted by molar-refractivity contribution is -0.126. The van der Waals surface area contributed by atoms with Gasteiger partial charge in [0, 0.05) is 36.6 Å². The summed E-state index contributed by atoms with van der Waals surface area (Å²) in [6.07, 6.45) is 8.97. The molecule has 0 bridgehead atoms. The third-order valence-electron chi connectivity index (χ3n) is 5.98. The molecule has 0 spiro atoms. The van der Waals surface area contributed by atoms with Crippen molar-refractivity contribution in [1.29, 1.82) is 0 Å². The summed E-state index contributed by atoms with van der Waals surface area (Å²) < 4.78 is 0. The summed E-state index contributed by atoms with van der Waals surface area (Å²) >= 11 is 0. The van der Waals surface area contributed by atoms with E-state index in [9.17, 15) is 9.59 Å². The summed E-state index contributed by atoms with van der Waals surface area (Å²) in [4.78, 5) is 31.3. The Morgan fingerprint density at radius 1 is 0.964 bits per heavy atom. The molecule has 1 saturated heterocycles. The fraction of sp³-hybridized carbons (Fsp3) is 0.500. The van der Waals surface area contributed by atoms with E-state index in [4.69, 9.17) is 0 Å². The standard InChI is InChI=1S/C22H28N4O2/c27-21(17-6-2-1-3-7-17)24-18-11-14-26(15-12-18)22(28)25-19-10-4-8-16-9-5-13-23-20(16)19/h4-5,8-10,13,17-18H,1-3,6-7,11-12,14-15H2,(H,24,27)(H,25,28). The predicted molar refractivity (Wildman–Crippen MR) is 110 cm³/mol. The second kappa shape index (κ2) is 8.59. The lowest BCUT2D eigenvalue weighted by Gasteiger charge is -2.33. The monoisotopic (exact) mass is 380 g/mol. The Morgan fingerprint density at radius 2 is 1.71 bits per heavy atom. The molecule has 0 unspecified atom stereocenters. The van der Waals surface area contributed by atoms with Crippen molar-refractivity contribution in [3.63, 3.8) is 0 Å². The van der Waals surface area contributed by atoms with Crippen LogP contribution in [0, 0.1) is 5.92 Å². The lowest BCUT2D eigenvalue weighted by atomic mass is 9.88. The number of nitrogens with zero attached hydrogens (tertiary/aromatic N) is 2. The number of hydrogen-bond acceptors (Lipinski definition) is 3. The zero-order valence-electron chi connectivity index (χ0n) is 16.2. The SMILES string of the molecule is O=C(NC1CCN(C(=O)Nc2cccc3cccnc23)CC1)C1CCCCC1. The second-order valence-corrected chi connectivity index (χ2v) is 7.92. The van der Waals surface area contributed by atoms with Crippen LogP contribution in [0.1, 0.15) is 44.9 Å². The quantitative estimate of drug-likeness (QED) is 0.847. The van der Waals surface area contributed by atoms with Crippen LogP contribution in [0.5, 0.6) is 0 Å². The van der Waals surface area contributed by atoms with Crippen molar-refractivity contribution in [2.45, 2.75) is 51.0 Å². The molecule has 3 amide bonds. The average Bonchev–Trinajstić information content (AvgIpc) is 2.75. The van der Waals surface area contributed by atoms with Gasteiger partial charge in [0.15, 0.2) is 0 Å². The van der Waals surface area contributed by atoms with Crippen LogP contribution in [0.2, 0.25) is 0 Å². The fourth-order valence-corrected chi connectivity index (χ4v) is 4.31. The minimum Gasteiger partial charge on any atom is -0.353 e. The number of anilines is 1. The van der Waals surface area contributed by atoms with Crippen molar-refractivity contribution >= 4 is 28.5 Å². The molecule has 1 aromatic carbocycles. The predicted octanol–water partition coefficient (Wildman–Crippen LogP) is 3.93. The maximum atomic E-state index is 12.7. The molecule has 0 atom stereocenters. The minimum absolute atomic E-state index is 0.102. The maximum Gasteiger partial charge on any atom is 0.321 e. The molecule has 0 radical (unpaired) electrons. The number of para-hydroxylation sites is 1. The molecule has 2 heterocycles. The number of likely N-dealkylation sites (tertiary alicyclic amines) is 1. The molecule has 148 valence electrons. The molecule has 1 aliphatic carbocycles. The van der Waals surface area contributed by atoms with Crippen LogP contribution in [0.3, 0.4) is 0 Å². The van der Waals surface area contributed by atoms with Crippen LogP contribution in [-0.4, -0.2) is 41.0 Å². The highest BCUT2D eigenvalue weighted by atomic mass is 16.2. The zero-order chi connectivity index (χ0) is 19.3. The normalized spacial score (nSPS) is 18.8. The van der Waals surface area contributed by atoms with Gasteiger partial charge in [-0.05, 0) is 37.8 Å². The molecule has 2 aromatic rings. The van der Waals surface area contributed by atoms with Crippen LogP contribution < -0.4 is 10.6 Å². The fourth-order valence-electron chi connectivity index (χ4n) is 4.31. The summed E-state index contributed by atoms with van der Waals surface area (Å²) in [7, 11) is 0. The van der Waals surface area contributed by atoms with E-state index in [1.807, 2.05) is 35.2 Å². The minimum atomic E-state index is -0.102. The van der Waals surface area contributed by atoms with Crippen LogP contribution in [-0.2, 0) is 4.79 Å². The molecule has 1 aliphatic heterocycles. The van der Waals surface area contributed by atoms with Crippen LogP contribution >= 0.6 is 0 Å². The van der Waals surface area contributed by atoms with E-state index in [1.165, 1.54) is 19.3 Å². The molecule has 1 aromatic heterocycles. The molecule has 6 heteroatoms. The van der Waals surface area contributed by atoms with Crippen molar-refractivity contribution in [1.82, 2.24) is 15.2 Å². The number of piperidine rings is 1. The lowest BCUT2D eigenvalue weighted by Crippen LogP contribution is -2.49. The number of rotatable bonds is 3. The summed E-state index contributed by atoms with van der Waals surface area (Å²) in [6.45, 7) is 1.30. The highest BCUT2D eigenvalue weighted by Crippen LogP contribution is 2.25. The van der Waals surface area contributed by atoms with Crippen molar-refractivity contribution < 1.29 is 9.59 Å². The number of urea groups is 1. The molecular formula is C22H28N4O2. The number of aromatic nitrogens is 1. The van der Waals surface area contributed by atoms with Crippen molar-refractivity contribution in [3.05, 3.63) is 36.5 Å². The Balaban J connectivity index is 1.29. The van der Waals surface area contributed by atoms with E-state index in [0.717, 1.165) is 42.3 Å². The number of carbonyl (C=O) groups is 2. The number of benzene rings is 1.